The van der Waals surface area contributed by atoms with Gasteiger partial charge < -0.3 is 5.32 Å². The molecule has 4 heteroatoms. The first-order chi connectivity index (χ1) is 9.45. The number of hydrogen-bond donors (Lipinski definition) is 1. The van der Waals surface area contributed by atoms with Crippen LogP contribution < -0.4 is 5.32 Å². The van der Waals surface area contributed by atoms with Crippen LogP contribution in [0.3, 0.4) is 0 Å². The second kappa shape index (κ2) is 5.98. The van der Waals surface area contributed by atoms with Crippen molar-refractivity contribution in [1.82, 2.24) is 15.1 Å². The van der Waals surface area contributed by atoms with Crippen LogP contribution in [0.25, 0.3) is 0 Å². The van der Waals surface area contributed by atoms with Gasteiger partial charge in [-0.1, -0.05) is 36.2 Å². The number of nitrogens with one attached hydrogen (secondary N) is 1. The Hall–Kier alpha value is -1.32. The highest BCUT2D eigenvalue weighted by Crippen LogP contribution is 2.32. The molecule has 1 heterocycles. The zero-order valence-corrected chi connectivity index (χ0v) is 13.5. The van der Waals surface area contributed by atoms with Gasteiger partial charge >= 0.3 is 0 Å². The summed E-state index contributed by atoms with van der Waals surface area (Å²) in [7, 11) is 1.93. The summed E-state index contributed by atoms with van der Waals surface area (Å²) in [5, 5.41) is 8.51. The van der Waals surface area contributed by atoms with E-state index in [1.807, 2.05) is 11.7 Å². The zero-order valence-electron chi connectivity index (χ0n) is 12.8. The van der Waals surface area contributed by atoms with E-state index in [1.54, 1.807) is 6.20 Å². The third-order valence-corrected chi connectivity index (χ3v) is 3.94. The molecule has 3 nitrogen and oxygen atoms in total. The number of rotatable bonds is 4. The molecule has 0 aliphatic carbocycles. The molecule has 0 bridgehead atoms. The zero-order chi connectivity index (χ0) is 14.9. The van der Waals surface area contributed by atoms with Gasteiger partial charge in [0.05, 0.1) is 23.0 Å². The number of benzene rings is 1. The smallest absolute Gasteiger partial charge is 0.0837 e. The van der Waals surface area contributed by atoms with Crippen molar-refractivity contribution in [3.63, 3.8) is 0 Å². The van der Waals surface area contributed by atoms with Gasteiger partial charge in [0.15, 0.2) is 0 Å². The van der Waals surface area contributed by atoms with Crippen molar-refractivity contribution >= 4 is 11.6 Å². The Morgan fingerprint density at radius 3 is 2.30 bits per heavy atom. The van der Waals surface area contributed by atoms with E-state index in [0.29, 0.717) is 5.02 Å². The Bertz CT molecular complexity index is 574. The van der Waals surface area contributed by atoms with Gasteiger partial charge in [0.2, 0.25) is 0 Å². The van der Waals surface area contributed by atoms with Gasteiger partial charge in [0.1, 0.15) is 0 Å². The van der Waals surface area contributed by atoms with E-state index >= 15 is 0 Å². The van der Waals surface area contributed by atoms with Gasteiger partial charge in [0, 0.05) is 7.05 Å². The predicted octanol–water partition coefficient (Wildman–Crippen LogP) is 3.70. The molecule has 1 aromatic heterocycles. The van der Waals surface area contributed by atoms with E-state index < -0.39 is 0 Å². The van der Waals surface area contributed by atoms with Crippen molar-refractivity contribution < 1.29 is 0 Å². The molecule has 1 unspecified atom stereocenters. The van der Waals surface area contributed by atoms with Gasteiger partial charge in [0.25, 0.3) is 0 Å². The number of aryl methyl sites for hydroxylation is 4. The van der Waals surface area contributed by atoms with Crippen molar-refractivity contribution in [2.24, 2.45) is 7.05 Å². The molecule has 1 atom stereocenters. The molecule has 0 radical (unpaired) electrons. The molecular formula is C16H22ClN3. The summed E-state index contributed by atoms with van der Waals surface area (Å²) in [6, 6.07) is 4.51. The van der Waals surface area contributed by atoms with Crippen LogP contribution in [0, 0.1) is 20.8 Å². The normalized spacial score (nSPS) is 12.7. The van der Waals surface area contributed by atoms with Crippen molar-refractivity contribution in [2.75, 3.05) is 6.54 Å². The minimum Gasteiger partial charge on any atom is -0.305 e. The van der Waals surface area contributed by atoms with E-state index in [2.05, 4.69) is 50.2 Å². The van der Waals surface area contributed by atoms with Gasteiger partial charge in [-0.3, -0.25) is 4.68 Å². The molecule has 0 saturated heterocycles. The Labute approximate surface area is 126 Å². The van der Waals surface area contributed by atoms with Crippen molar-refractivity contribution in [3.05, 3.63) is 51.3 Å². The minimum atomic E-state index is 0.0700. The largest absolute Gasteiger partial charge is 0.305 e. The van der Waals surface area contributed by atoms with Crippen LogP contribution in [0.2, 0.25) is 5.02 Å². The fourth-order valence-electron chi connectivity index (χ4n) is 2.93. The van der Waals surface area contributed by atoms with Crippen molar-refractivity contribution in [2.45, 2.75) is 33.7 Å². The summed E-state index contributed by atoms with van der Waals surface area (Å²) in [5.41, 5.74) is 6.16. The molecule has 0 fully saturated rings. The molecule has 2 rings (SSSR count). The first-order valence-corrected chi connectivity index (χ1v) is 7.32. The molecule has 0 aliphatic heterocycles. The van der Waals surface area contributed by atoms with E-state index in [4.69, 9.17) is 11.6 Å². The van der Waals surface area contributed by atoms with Crippen LogP contribution >= 0.6 is 11.6 Å². The standard InChI is InChI=1S/C16H22ClN3/c1-6-18-15(16-13(17)9-19-20(16)5)14-11(3)7-10(2)8-12(14)4/h7-9,15,18H,6H2,1-5H3. The van der Waals surface area contributed by atoms with Gasteiger partial charge in [-0.2, -0.15) is 5.10 Å². The highest BCUT2D eigenvalue weighted by molar-refractivity contribution is 6.31. The van der Waals surface area contributed by atoms with E-state index in [0.717, 1.165) is 12.2 Å². The summed E-state index contributed by atoms with van der Waals surface area (Å²) in [5.74, 6) is 0. The summed E-state index contributed by atoms with van der Waals surface area (Å²) in [6.07, 6.45) is 1.71. The van der Waals surface area contributed by atoms with Crippen LogP contribution in [0.1, 0.15) is 40.9 Å². The quantitative estimate of drug-likeness (QED) is 0.931. The molecule has 20 heavy (non-hydrogen) atoms. The SMILES string of the molecule is CCNC(c1c(C)cc(C)cc1C)c1c(Cl)cnn1C. The number of halogens is 1. The lowest BCUT2D eigenvalue weighted by atomic mass is 9.92. The molecule has 0 saturated carbocycles. The Kier molecular flexibility index (Phi) is 4.51. The fourth-order valence-corrected chi connectivity index (χ4v) is 3.21. The van der Waals surface area contributed by atoms with Crippen LogP contribution in [-0.2, 0) is 7.05 Å². The molecule has 1 aromatic carbocycles. The van der Waals surface area contributed by atoms with Crippen LogP contribution in [0.4, 0.5) is 0 Å². The molecule has 0 aliphatic rings. The molecule has 108 valence electrons. The third kappa shape index (κ3) is 2.74. The Morgan fingerprint density at radius 1 is 1.25 bits per heavy atom. The van der Waals surface area contributed by atoms with Crippen LogP contribution in [0.15, 0.2) is 18.3 Å². The van der Waals surface area contributed by atoms with Gasteiger partial charge in [-0.25, -0.2) is 0 Å². The maximum absolute atomic E-state index is 6.34. The second-order valence-corrected chi connectivity index (χ2v) is 5.71. The minimum absolute atomic E-state index is 0.0700. The van der Waals surface area contributed by atoms with Crippen molar-refractivity contribution in [3.8, 4) is 0 Å². The number of aromatic nitrogens is 2. The number of hydrogen-bond acceptors (Lipinski definition) is 2. The summed E-state index contributed by atoms with van der Waals surface area (Å²) in [4.78, 5) is 0. The second-order valence-electron chi connectivity index (χ2n) is 5.30. The first-order valence-electron chi connectivity index (χ1n) is 6.94. The molecule has 0 amide bonds. The van der Waals surface area contributed by atoms with E-state index in [-0.39, 0.29) is 6.04 Å². The van der Waals surface area contributed by atoms with Crippen molar-refractivity contribution in [1.29, 1.82) is 0 Å². The van der Waals surface area contributed by atoms with E-state index in [1.165, 1.54) is 22.3 Å². The topological polar surface area (TPSA) is 29.9 Å². The predicted molar refractivity (Wildman–Crippen MR) is 84.4 cm³/mol. The third-order valence-electron chi connectivity index (χ3n) is 3.65. The molecular weight excluding hydrogens is 270 g/mol. The average molecular weight is 292 g/mol. The lowest BCUT2D eigenvalue weighted by molar-refractivity contribution is 0.568. The summed E-state index contributed by atoms with van der Waals surface area (Å²) in [6.45, 7) is 9.42. The highest BCUT2D eigenvalue weighted by Gasteiger charge is 2.23. The lowest BCUT2D eigenvalue weighted by Gasteiger charge is -2.23. The molecule has 2 aromatic rings. The van der Waals surface area contributed by atoms with Gasteiger partial charge in [-0.05, 0) is 44.0 Å². The van der Waals surface area contributed by atoms with Crippen LogP contribution in [0.5, 0.6) is 0 Å². The molecule has 1 N–H and O–H groups in total. The summed E-state index contributed by atoms with van der Waals surface area (Å²) >= 11 is 6.34. The summed E-state index contributed by atoms with van der Waals surface area (Å²) < 4.78 is 1.86. The monoisotopic (exact) mass is 291 g/mol. The fraction of sp³-hybridized carbons (Fsp3) is 0.438. The highest BCUT2D eigenvalue weighted by atomic mass is 35.5. The first kappa shape index (κ1) is 15.1. The Balaban J connectivity index is 2.61. The lowest BCUT2D eigenvalue weighted by Crippen LogP contribution is -2.26. The van der Waals surface area contributed by atoms with Gasteiger partial charge in [-0.15, -0.1) is 0 Å². The Morgan fingerprint density at radius 2 is 1.85 bits per heavy atom. The van der Waals surface area contributed by atoms with Crippen LogP contribution in [-0.4, -0.2) is 16.3 Å². The maximum atomic E-state index is 6.34. The van der Waals surface area contributed by atoms with E-state index in [9.17, 15) is 0 Å². The average Bonchev–Trinajstić information content (AvgIpc) is 2.67. The number of nitrogens with zero attached hydrogens (tertiary/aromatic N) is 2. The maximum Gasteiger partial charge on any atom is 0.0837 e. The molecule has 0 spiro atoms.